The van der Waals surface area contributed by atoms with Crippen molar-refractivity contribution >= 4 is 11.5 Å². The third-order valence-electron chi connectivity index (χ3n) is 3.94. The molecule has 1 aromatic heterocycles. The molecule has 0 saturated heterocycles. The van der Waals surface area contributed by atoms with E-state index in [1.807, 2.05) is 26.0 Å². The number of hydrogen-bond acceptors (Lipinski definition) is 4. The van der Waals surface area contributed by atoms with Gasteiger partial charge in [-0.1, -0.05) is 0 Å². The van der Waals surface area contributed by atoms with Crippen LogP contribution >= 0.6 is 0 Å². The van der Waals surface area contributed by atoms with Crippen molar-refractivity contribution in [2.24, 2.45) is 0 Å². The molecule has 0 atom stereocenters. The SMILES string of the molecule is CCOC(=O)C1=C(c2ccncc2)C(C)(C)N([O])C1(C)C. The Bertz CT molecular complexity index is 576. The number of carbonyl (C=O) groups is 1. The van der Waals surface area contributed by atoms with Gasteiger partial charge in [0.05, 0.1) is 23.3 Å². The fourth-order valence-electron chi connectivity index (χ4n) is 3.08. The summed E-state index contributed by atoms with van der Waals surface area (Å²) in [5.74, 6) is -0.430. The monoisotopic (exact) mass is 289 g/mol. The van der Waals surface area contributed by atoms with Crippen molar-refractivity contribution in [3.8, 4) is 0 Å². The Morgan fingerprint density at radius 1 is 1.19 bits per heavy atom. The van der Waals surface area contributed by atoms with Gasteiger partial charge in [0.1, 0.15) is 0 Å². The van der Waals surface area contributed by atoms with Crippen LogP contribution in [0.5, 0.6) is 0 Å². The van der Waals surface area contributed by atoms with E-state index in [0.29, 0.717) is 11.1 Å². The van der Waals surface area contributed by atoms with E-state index in [2.05, 4.69) is 4.98 Å². The molecule has 0 amide bonds. The van der Waals surface area contributed by atoms with Crippen LogP contribution in [0.15, 0.2) is 30.1 Å². The van der Waals surface area contributed by atoms with Crippen LogP contribution in [0, 0.1) is 0 Å². The van der Waals surface area contributed by atoms with Gasteiger partial charge in [-0.3, -0.25) is 4.98 Å². The lowest BCUT2D eigenvalue weighted by molar-refractivity contribution is -0.237. The molecule has 1 aliphatic rings. The van der Waals surface area contributed by atoms with Crippen molar-refractivity contribution in [1.82, 2.24) is 10.0 Å². The summed E-state index contributed by atoms with van der Waals surface area (Å²) in [6.45, 7) is 9.19. The molecule has 0 spiro atoms. The molecule has 113 valence electrons. The van der Waals surface area contributed by atoms with E-state index < -0.39 is 17.0 Å². The van der Waals surface area contributed by atoms with Crippen molar-refractivity contribution < 1.29 is 14.7 Å². The minimum atomic E-state index is -0.936. The molecule has 21 heavy (non-hydrogen) atoms. The highest BCUT2D eigenvalue weighted by Crippen LogP contribution is 2.48. The van der Waals surface area contributed by atoms with Crippen molar-refractivity contribution in [2.75, 3.05) is 6.61 Å². The summed E-state index contributed by atoms with van der Waals surface area (Å²) in [5, 5.41) is 13.7. The van der Waals surface area contributed by atoms with Crippen LogP contribution in [0.25, 0.3) is 5.57 Å². The van der Waals surface area contributed by atoms with Gasteiger partial charge in [0.25, 0.3) is 0 Å². The summed E-state index contributed by atoms with van der Waals surface area (Å²) >= 11 is 0. The Morgan fingerprint density at radius 3 is 2.29 bits per heavy atom. The maximum Gasteiger partial charge on any atom is 0.336 e. The van der Waals surface area contributed by atoms with Crippen molar-refractivity contribution in [1.29, 1.82) is 0 Å². The molecule has 0 aliphatic carbocycles. The maximum absolute atomic E-state index is 12.7. The average molecular weight is 289 g/mol. The molecule has 0 aromatic carbocycles. The van der Waals surface area contributed by atoms with E-state index in [4.69, 9.17) is 4.74 Å². The van der Waals surface area contributed by atoms with Gasteiger partial charge < -0.3 is 4.74 Å². The van der Waals surface area contributed by atoms with Gasteiger partial charge in [0.15, 0.2) is 0 Å². The first-order chi connectivity index (χ1) is 9.74. The molecular formula is C16H21N2O3. The number of esters is 1. The number of pyridine rings is 1. The Balaban J connectivity index is 2.71. The molecule has 1 aromatic rings. The first kappa shape index (κ1) is 15.7. The highest BCUT2D eigenvalue weighted by atomic mass is 16.5. The second kappa shape index (κ2) is 5.24. The number of hydrogen-bond donors (Lipinski definition) is 0. The maximum atomic E-state index is 12.7. The topological polar surface area (TPSA) is 62.3 Å². The van der Waals surface area contributed by atoms with Crippen LogP contribution in [0.4, 0.5) is 0 Å². The number of hydroxylamine groups is 2. The van der Waals surface area contributed by atoms with Crippen LogP contribution in [0.1, 0.15) is 40.2 Å². The van der Waals surface area contributed by atoms with Gasteiger partial charge in [0.2, 0.25) is 0 Å². The van der Waals surface area contributed by atoms with Gasteiger partial charge in [-0.15, -0.1) is 10.3 Å². The predicted octanol–water partition coefficient (Wildman–Crippen LogP) is 2.62. The minimum Gasteiger partial charge on any atom is -0.463 e. The quantitative estimate of drug-likeness (QED) is 0.802. The Labute approximate surface area is 125 Å². The van der Waals surface area contributed by atoms with Gasteiger partial charge in [0, 0.05) is 12.4 Å². The van der Waals surface area contributed by atoms with E-state index in [9.17, 15) is 10.0 Å². The van der Waals surface area contributed by atoms with E-state index in [0.717, 1.165) is 10.6 Å². The highest BCUT2D eigenvalue weighted by molar-refractivity contribution is 6.03. The molecule has 1 aliphatic heterocycles. The molecule has 0 unspecified atom stereocenters. The molecule has 0 saturated carbocycles. The third-order valence-corrected chi connectivity index (χ3v) is 3.94. The summed E-state index contributed by atoms with van der Waals surface area (Å²) in [6, 6.07) is 3.62. The average Bonchev–Trinajstić information content (AvgIpc) is 2.57. The van der Waals surface area contributed by atoms with E-state index >= 15 is 0 Å². The Kier molecular flexibility index (Phi) is 3.91. The van der Waals surface area contributed by atoms with Crippen LogP contribution in [0.2, 0.25) is 0 Å². The molecule has 0 N–H and O–H groups in total. The van der Waals surface area contributed by atoms with Gasteiger partial charge >= 0.3 is 5.97 Å². The molecular weight excluding hydrogens is 268 g/mol. The lowest BCUT2D eigenvalue weighted by Gasteiger charge is -2.34. The predicted molar refractivity (Wildman–Crippen MR) is 78.5 cm³/mol. The normalized spacial score (nSPS) is 20.7. The van der Waals surface area contributed by atoms with Crippen LogP contribution in [0.3, 0.4) is 0 Å². The van der Waals surface area contributed by atoms with E-state index in [-0.39, 0.29) is 6.61 Å². The van der Waals surface area contributed by atoms with Crippen LogP contribution in [-0.4, -0.2) is 33.7 Å². The van der Waals surface area contributed by atoms with Crippen molar-refractivity contribution in [2.45, 2.75) is 45.7 Å². The largest absolute Gasteiger partial charge is 0.463 e. The summed E-state index contributed by atoms with van der Waals surface area (Å²) in [7, 11) is 0. The minimum absolute atomic E-state index is 0.279. The zero-order valence-electron chi connectivity index (χ0n) is 13.1. The molecule has 5 heteroatoms. The zero-order chi connectivity index (χ0) is 15.8. The second-order valence-corrected chi connectivity index (χ2v) is 6.12. The third kappa shape index (κ3) is 2.36. The lowest BCUT2D eigenvalue weighted by Crippen LogP contribution is -2.48. The molecule has 0 fully saturated rings. The van der Waals surface area contributed by atoms with Crippen LogP contribution in [-0.2, 0) is 14.7 Å². The Morgan fingerprint density at radius 2 is 1.76 bits per heavy atom. The number of ether oxygens (including phenoxy) is 1. The summed E-state index contributed by atoms with van der Waals surface area (Å²) < 4.78 is 5.18. The molecule has 2 rings (SSSR count). The van der Waals surface area contributed by atoms with E-state index in [1.54, 1.807) is 33.2 Å². The number of aromatic nitrogens is 1. The lowest BCUT2D eigenvalue weighted by atomic mass is 9.86. The van der Waals surface area contributed by atoms with Crippen LogP contribution < -0.4 is 0 Å². The van der Waals surface area contributed by atoms with Crippen molar-refractivity contribution in [3.63, 3.8) is 0 Å². The molecule has 5 nitrogen and oxygen atoms in total. The first-order valence-corrected chi connectivity index (χ1v) is 7.04. The van der Waals surface area contributed by atoms with Crippen molar-refractivity contribution in [3.05, 3.63) is 35.7 Å². The highest BCUT2D eigenvalue weighted by Gasteiger charge is 2.54. The first-order valence-electron chi connectivity index (χ1n) is 7.04. The second-order valence-electron chi connectivity index (χ2n) is 6.12. The standard InChI is InChI=1S/C16H21N2O3/c1-6-21-14(19)13-12(11-7-9-17-10-8-11)15(2,3)18(20)16(13,4)5/h7-10H,6H2,1-5H3. The Hall–Kier alpha value is -1.72. The summed E-state index contributed by atoms with van der Waals surface area (Å²) in [6.07, 6.45) is 3.31. The molecule has 2 heterocycles. The summed E-state index contributed by atoms with van der Waals surface area (Å²) in [4.78, 5) is 16.4. The number of nitrogens with zero attached hydrogens (tertiary/aromatic N) is 2. The number of rotatable bonds is 3. The fourth-order valence-corrected chi connectivity index (χ4v) is 3.08. The number of carbonyl (C=O) groups excluding carboxylic acids is 1. The molecule has 1 radical (unpaired) electrons. The fraction of sp³-hybridized carbons (Fsp3) is 0.500. The summed E-state index contributed by atoms with van der Waals surface area (Å²) in [5.41, 5.74) is 0.213. The molecule has 0 bridgehead atoms. The zero-order valence-corrected chi connectivity index (χ0v) is 13.1. The van der Waals surface area contributed by atoms with Gasteiger partial charge in [-0.2, -0.15) is 0 Å². The van der Waals surface area contributed by atoms with E-state index in [1.165, 1.54) is 0 Å². The smallest absolute Gasteiger partial charge is 0.336 e. The van der Waals surface area contributed by atoms with Gasteiger partial charge in [-0.25, -0.2) is 4.79 Å². The van der Waals surface area contributed by atoms with Gasteiger partial charge in [-0.05, 0) is 57.9 Å².